The predicted octanol–water partition coefficient (Wildman–Crippen LogP) is 2.94. The van der Waals surface area contributed by atoms with Crippen LogP contribution in [0.25, 0.3) is 0 Å². The lowest BCUT2D eigenvalue weighted by Crippen LogP contribution is -2.27. The van der Waals surface area contributed by atoms with Gasteiger partial charge in [0.25, 0.3) is 0 Å². The Morgan fingerprint density at radius 1 is 1.33 bits per heavy atom. The highest BCUT2D eigenvalue weighted by Crippen LogP contribution is 2.16. The Bertz CT molecular complexity index is 355. The van der Waals surface area contributed by atoms with E-state index in [1.807, 2.05) is 38.2 Å². The maximum Gasteiger partial charge on any atom is 0.220 e. The molecule has 1 atom stereocenters. The molecule has 102 valence electrons. The van der Waals surface area contributed by atoms with Crippen LogP contribution in [0.3, 0.4) is 0 Å². The fourth-order valence-electron chi connectivity index (χ4n) is 1.57. The topological polar surface area (TPSA) is 41.1 Å². The van der Waals surface area contributed by atoms with Crippen LogP contribution < -0.4 is 10.6 Å². The molecule has 0 aromatic heterocycles. The highest BCUT2D eigenvalue weighted by atomic mass is 35.5. The summed E-state index contributed by atoms with van der Waals surface area (Å²) in [6.45, 7) is 2.84. The van der Waals surface area contributed by atoms with Gasteiger partial charge in [-0.25, -0.2) is 0 Å². The van der Waals surface area contributed by atoms with Gasteiger partial charge in [0.2, 0.25) is 5.91 Å². The Labute approximate surface area is 120 Å². The second-order valence-corrected chi connectivity index (χ2v) is 4.48. The number of carbonyl (C=O) groups excluding carboxylic acids is 1. The molecule has 0 aliphatic heterocycles. The fourth-order valence-corrected chi connectivity index (χ4v) is 1.70. The lowest BCUT2D eigenvalue weighted by atomic mass is 10.1. The lowest BCUT2D eigenvalue weighted by molar-refractivity contribution is -0.121. The van der Waals surface area contributed by atoms with Gasteiger partial charge in [0, 0.05) is 11.4 Å². The normalized spacial score (nSPS) is 11.5. The van der Waals surface area contributed by atoms with Gasteiger partial charge >= 0.3 is 0 Å². The molecule has 0 aliphatic carbocycles. The van der Waals surface area contributed by atoms with E-state index in [0.717, 1.165) is 18.5 Å². The van der Waals surface area contributed by atoms with Crippen molar-refractivity contribution in [3.63, 3.8) is 0 Å². The Hall–Kier alpha value is -0.770. The zero-order chi connectivity index (χ0) is 12.7. The molecular formula is C13H20Cl2N2O. The second kappa shape index (κ2) is 9.20. The predicted molar refractivity (Wildman–Crippen MR) is 78.4 cm³/mol. The van der Waals surface area contributed by atoms with E-state index in [2.05, 4.69) is 10.6 Å². The Morgan fingerprint density at radius 2 is 1.94 bits per heavy atom. The van der Waals surface area contributed by atoms with Gasteiger partial charge in [-0.2, -0.15) is 0 Å². The van der Waals surface area contributed by atoms with Crippen LogP contribution in [0.1, 0.15) is 31.4 Å². The van der Waals surface area contributed by atoms with Crippen LogP contribution in [0.4, 0.5) is 0 Å². The molecule has 0 radical (unpaired) electrons. The fraction of sp³-hybridized carbons (Fsp3) is 0.462. The smallest absolute Gasteiger partial charge is 0.220 e. The van der Waals surface area contributed by atoms with Crippen molar-refractivity contribution in [2.45, 2.75) is 25.8 Å². The number of carbonyl (C=O) groups is 1. The maximum absolute atomic E-state index is 11.6. The van der Waals surface area contributed by atoms with E-state index in [0.29, 0.717) is 11.4 Å². The molecule has 0 heterocycles. The molecule has 3 nitrogen and oxygen atoms in total. The average molecular weight is 291 g/mol. The van der Waals surface area contributed by atoms with Crippen molar-refractivity contribution in [1.29, 1.82) is 0 Å². The van der Waals surface area contributed by atoms with Crippen molar-refractivity contribution >= 4 is 29.9 Å². The first-order chi connectivity index (χ1) is 8.13. The zero-order valence-electron chi connectivity index (χ0n) is 10.7. The van der Waals surface area contributed by atoms with Crippen molar-refractivity contribution in [3.8, 4) is 0 Å². The van der Waals surface area contributed by atoms with Crippen molar-refractivity contribution in [2.75, 3.05) is 13.6 Å². The van der Waals surface area contributed by atoms with Crippen molar-refractivity contribution in [1.82, 2.24) is 10.6 Å². The summed E-state index contributed by atoms with van der Waals surface area (Å²) in [4.78, 5) is 11.6. The quantitative estimate of drug-likeness (QED) is 0.791. The van der Waals surface area contributed by atoms with Crippen LogP contribution in [0, 0.1) is 0 Å². The number of hydrogen-bond acceptors (Lipinski definition) is 2. The van der Waals surface area contributed by atoms with Gasteiger partial charge in [-0.15, -0.1) is 12.4 Å². The monoisotopic (exact) mass is 290 g/mol. The van der Waals surface area contributed by atoms with E-state index in [-0.39, 0.29) is 24.4 Å². The summed E-state index contributed by atoms with van der Waals surface area (Å²) < 4.78 is 0. The third-order valence-electron chi connectivity index (χ3n) is 2.58. The summed E-state index contributed by atoms with van der Waals surface area (Å²) in [6.07, 6.45) is 1.41. The minimum Gasteiger partial charge on any atom is -0.350 e. The summed E-state index contributed by atoms with van der Waals surface area (Å²) in [7, 11) is 1.88. The van der Waals surface area contributed by atoms with Crippen molar-refractivity contribution < 1.29 is 4.79 Å². The third kappa shape index (κ3) is 6.24. The molecule has 5 heteroatoms. The average Bonchev–Trinajstić information content (AvgIpc) is 2.30. The molecule has 18 heavy (non-hydrogen) atoms. The van der Waals surface area contributed by atoms with E-state index in [4.69, 9.17) is 11.6 Å². The molecule has 1 unspecified atom stereocenters. The first kappa shape index (κ1) is 17.2. The number of nitrogens with one attached hydrogen (secondary N) is 2. The molecule has 2 N–H and O–H groups in total. The van der Waals surface area contributed by atoms with Crippen molar-refractivity contribution in [2.24, 2.45) is 0 Å². The molecule has 0 aliphatic rings. The van der Waals surface area contributed by atoms with Crippen molar-refractivity contribution in [3.05, 3.63) is 34.9 Å². The van der Waals surface area contributed by atoms with Gasteiger partial charge in [-0.05, 0) is 44.6 Å². The van der Waals surface area contributed by atoms with E-state index >= 15 is 0 Å². The summed E-state index contributed by atoms with van der Waals surface area (Å²) >= 11 is 5.81. The molecule has 0 saturated carbocycles. The lowest BCUT2D eigenvalue weighted by Gasteiger charge is -2.14. The highest BCUT2D eigenvalue weighted by Gasteiger charge is 2.08. The minimum absolute atomic E-state index is 0. The zero-order valence-corrected chi connectivity index (χ0v) is 12.3. The molecule has 1 aromatic rings. The maximum atomic E-state index is 11.6. The van der Waals surface area contributed by atoms with E-state index < -0.39 is 0 Å². The van der Waals surface area contributed by atoms with E-state index in [1.165, 1.54) is 0 Å². The van der Waals surface area contributed by atoms with Crippen LogP contribution in [0.2, 0.25) is 5.02 Å². The summed E-state index contributed by atoms with van der Waals surface area (Å²) in [5.74, 6) is 0.0858. The molecule has 0 bridgehead atoms. The molecule has 1 amide bonds. The van der Waals surface area contributed by atoms with Gasteiger partial charge in [-0.3, -0.25) is 4.79 Å². The van der Waals surface area contributed by atoms with E-state index in [1.54, 1.807) is 0 Å². The number of hydrogen-bond donors (Lipinski definition) is 2. The summed E-state index contributed by atoms with van der Waals surface area (Å²) in [5, 5.41) is 6.69. The van der Waals surface area contributed by atoms with Crippen LogP contribution in [-0.4, -0.2) is 19.5 Å². The Balaban J connectivity index is 0.00000289. The summed E-state index contributed by atoms with van der Waals surface area (Å²) in [6, 6.07) is 7.55. The highest BCUT2D eigenvalue weighted by molar-refractivity contribution is 6.30. The molecule has 0 spiro atoms. The van der Waals surface area contributed by atoms with Crippen LogP contribution in [0.15, 0.2) is 24.3 Å². The molecule has 1 rings (SSSR count). The molecule has 0 saturated heterocycles. The third-order valence-corrected chi connectivity index (χ3v) is 2.83. The van der Waals surface area contributed by atoms with Gasteiger partial charge < -0.3 is 10.6 Å². The van der Waals surface area contributed by atoms with Crippen LogP contribution in [0.5, 0.6) is 0 Å². The van der Waals surface area contributed by atoms with Gasteiger partial charge in [0.1, 0.15) is 0 Å². The Morgan fingerprint density at radius 3 is 2.50 bits per heavy atom. The van der Waals surface area contributed by atoms with Gasteiger partial charge in [-0.1, -0.05) is 23.7 Å². The number of benzene rings is 1. The minimum atomic E-state index is 0. The van der Waals surface area contributed by atoms with E-state index in [9.17, 15) is 4.79 Å². The summed E-state index contributed by atoms with van der Waals surface area (Å²) in [5.41, 5.74) is 1.07. The first-order valence-electron chi connectivity index (χ1n) is 5.83. The second-order valence-electron chi connectivity index (χ2n) is 4.05. The van der Waals surface area contributed by atoms with Crippen LogP contribution >= 0.6 is 24.0 Å². The largest absolute Gasteiger partial charge is 0.350 e. The number of halogens is 2. The Kier molecular flexibility index (Phi) is 8.81. The van der Waals surface area contributed by atoms with Gasteiger partial charge in [0.05, 0.1) is 6.04 Å². The first-order valence-corrected chi connectivity index (χ1v) is 6.20. The van der Waals surface area contributed by atoms with Gasteiger partial charge in [0.15, 0.2) is 0 Å². The molecule has 0 fully saturated rings. The molecule has 1 aromatic carbocycles. The molecular weight excluding hydrogens is 271 g/mol. The number of amides is 1. The standard InChI is InChI=1S/C13H19ClN2O.ClH/c1-10(11-5-7-12(14)8-6-11)16-13(17)4-3-9-15-2;/h5-8,10,15H,3-4,9H2,1-2H3,(H,16,17);1H. The van der Waals surface area contributed by atoms with Crippen LogP contribution in [-0.2, 0) is 4.79 Å². The SMILES string of the molecule is CNCCCC(=O)NC(C)c1ccc(Cl)cc1.Cl. The number of rotatable bonds is 6.